The molecule has 3 atom stereocenters. The van der Waals surface area contributed by atoms with Gasteiger partial charge in [-0.3, -0.25) is 4.90 Å². The summed E-state index contributed by atoms with van der Waals surface area (Å²) in [7, 11) is 0. The second kappa shape index (κ2) is 6.53. The van der Waals surface area contributed by atoms with Crippen LogP contribution in [0.2, 0.25) is 0 Å². The first kappa shape index (κ1) is 13.8. The lowest BCUT2D eigenvalue weighted by Crippen LogP contribution is -2.47. The summed E-state index contributed by atoms with van der Waals surface area (Å²) in [6.07, 6.45) is 7.57. The van der Waals surface area contributed by atoms with Crippen molar-refractivity contribution in [1.82, 2.24) is 10.2 Å². The Hall–Kier alpha value is -0.160. The Labute approximate surface area is 116 Å². The minimum absolute atomic E-state index is 0.351. The summed E-state index contributed by atoms with van der Waals surface area (Å²) in [4.78, 5) is 2.62. The lowest BCUT2D eigenvalue weighted by Gasteiger charge is -2.33. The first-order chi connectivity index (χ1) is 9.33. The van der Waals surface area contributed by atoms with Crippen LogP contribution in [0.3, 0.4) is 0 Å². The molecular weight excluding hydrogens is 240 g/mol. The van der Waals surface area contributed by atoms with Crippen LogP contribution in [0.15, 0.2) is 0 Å². The summed E-state index contributed by atoms with van der Waals surface area (Å²) in [6.45, 7) is 4.52. The molecule has 0 radical (unpaired) electrons. The van der Waals surface area contributed by atoms with Gasteiger partial charge < -0.3 is 15.2 Å². The molecule has 19 heavy (non-hydrogen) atoms. The molecular formula is C15H28N2O2. The van der Waals surface area contributed by atoms with Crippen molar-refractivity contribution in [3.05, 3.63) is 0 Å². The number of aliphatic hydroxyl groups is 1. The van der Waals surface area contributed by atoms with Gasteiger partial charge in [0.15, 0.2) is 0 Å². The standard InChI is InChI=1S/C15H28N2O2/c18-13(11-19-10-12-4-5-12)9-16-14-6-8-17-7-2-1-3-15(14)17/h12-16,18H,1-11H2. The number of ether oxygens (including phenoxy) is 1. The summed E-state index contributed by atoms with van der Waals surface area (Å²) < 4.78 is 5.54. The predicted octanol–water partition coefficient (Wildman–Crippen LogP) is 0.990. The smallest absolute Gasteiger partial charge is 0.0897 e. The van der Waals surface area contributed by atoms with Crippen molar-refractivity contribution in [3.8, 4) is 0 Å². The lowest BCUT2D eigenvalue weighted by molar-refractivity contribution is 0.0303. The fourth-order valence-corrected chi connectivity index (χ4v) is 3.49. The molecule has 0 amide bonds. The maximum absolute atomic E-state index is 9.94. The van der Waals surface area contributed by atoms with Gasteiger partial charge in [-0.05, 0) is 44.6 Å². The number of nitrogens with one attached hydrogen (secondary N) is 1. The maximum atomic E-state index is 9.94. The highest BCUT2D eigenvalue weighted by molar-refractivity contribution is 4.94. The molecule has 2 N–H and O–H groups in total. The number of hydrogen-bond donors (Lipinski definition) is 2. The highest BCUT2D eigenvalue weighted by Crippen LogP contribution is 2.29. The van der Waals surface area contributed by atoms with Crippen LogP contribution in [-0.4, -0.2) is 61.0 Å². The summed E-state index contributed by atoms with van der Waals surface area (Å²) in [5.41, 5.74) is 0. The average Bonchev–Trinajstić information content (AvgIpc) is 3.16. The number of hydrogen-bond acceptors (Lipinski definition) is 4. The van der Waals surface area contributed by atoms with E-state index in [-0.39, 0.29) is 6.10 Å². The fourth-order valence-electron chi connectivity index (χ4n) is 3.49. The zero-order valence-corrected chi connectivity index (χ0v) is 11.9. The topological polar surface area (TPSA) is 44.7 Å². The zero-order valence-electron chi connectivity index (χ0n) is 11.9. The lowest BCUT2D eigenvalue weighted by atomic mass is 9.99. The monoisotopic (exact) mass is 268 g/mol. The van der Waals surface area contributed by atoms with Crippen LogP contribution in [0.4, 0.5) is 0 Å². The van der Waals surface area contributed by atoms with E-state index in [0.29, 0.717) is 25.2 Å². The third-order valence-electron chi connectivity index (χ3n) is 4.83. The van der Waals surface area contributed by atoms with Gasteiger partial charge in [0.05, 0.1) is 12.7 Å². The molecule has 0 aromatic rings. The molecule has 3 aliphatic rings. The summed E-state index contributed by atoms with van der Waals surface area (Å²) >= 11 is 0. The molecule has 0 bridgehead atoms. The predicted molar refractivity (Wildman–Crippen MR) is 75.2 cm³/mol. The number of nitrogens with zero attached hydrogens (tertiary/aromatic N) is 1. The van der Waals surface area contributed by atoms with E-state index in [0.717, 1.165) is 12.5 Å². The molecule has 2 saturated heterocycles. The van der Waals surface area contributed by atoms with Crippen molar-refractivity contribution in [3.63, 3.8) is 0 Å². The molecule has 3 fully saturated rings. The molecule has 2 aliphatic heterocycles. The van der Waals surface area contributed by atoms with Crippen molar-refractivity contribution in [2.75, 3.05) is 32.8 Å². The third kappa shape index (κ3) is 3.91. The van der Waals surface area contributed by atoms with Crippen LogP contribution in [-0.2, 0) is 4.74 Å². The number of aliphatic hydroxyl groups excluding tert-OH is 1. The number of piperidine rings is 1. The minimum atomic E-state index is -0.351. The van der Waals surface area contributed by atoms with Gasteiger partial charge >= 0.3 is 0 Å². The Kier molecular flexibility index (Phi) is 4.74. The number of rotatable bonds is 7. The van der Waals surface area contributed by atoms with E-state index in [9.17, 15) is 5.11 Å². The van der Waals surface area contributed by atoms with Gasteiger partial charge in [-0.15, -0.1) is 0 Å². The van der Waals surface area contributed by atoms with E-state index in [4.69, 9.17) is 4.74 Å². The van der Waals surface area contributed by atoms with Crippen LogP contribution >= 0.6 is 0 Å². The molecule has 4 heteroatoms. The van der Waals surface area contributed by atoms with Crippen molar-refractivity contribution in [2.45, 2.75) is 56.7 Å². The Morgan fingerprint density at radius 3 is 2.89 bits per heavy atom. The van der Waals surface area contributed by atoms with E-state index >= 15 is 0 Å². The Bertz CT molecular complexity index is 283. The molecule has 3 unspecified atom stereocenters. The normalized spacial score (nSPS) is 33.3. The van der Waals surface area contributed by atoms with Gasteiger partial charge in [-0.1, -0.05) is 6.42 Å². The fraction of sp³-hybridized carbons (Fsp3) is 1.00. The molecule has 2 heterocycles. The molecule has 4 nitrogen and oxygen atoms in total. The highest BCUT2D eigenvalue weighted by atomic mass is 16.5. The van der Waals surface area contributed by atoms with Crippen molar-refractivity contribution in [1.29, 1.82) is 0 Å². The maximum Gasteiger partial charge on any atom is 0.0897 e. The third-order valence-corrected chi connectivity index (χ3v) is 4.83. The van der Waals surface area contributed by atoms with E-state index < -0.39 is 0 Å². The van der Waals surface area contributed by atoms with Gasteiger partial charge in [0.25, 0.3) is 0 Å². The number of fused-ring (bicyclic) bond motifs is 1. The van der Waals surface area contributed by atoms with Crippen LogP contribution < -0.4 is 5.32 Å². The van der Waals surface area contributed by atoms with Crippen LogP contribution in [0.5, 0.6) is 0 Å². The molecule has 3 rings (SSSR count). The second-order valence-corrected chi connectivity index (χ2v) is 6.54. The van der Waals surface area contributed by atoms with E-state index in [2.05, 4.69) is 10.2 Å². The zero-order chi connectivity index (χ0) is 13.1. The van der Waals surface area contributed by atoms with Gasteiger partial charge in [0, 0.05) is 31.8 Å². The Morgan fingerprint density at radius 2 is 2.05 bits per heavy atom. The minimum Gasteiger partial charge on any atom is -0.389 e. The molecule has 0 spiro atoms. The van der Waals surface area contributed by atoms with Crippen LogP contribution in [0.1, 0.15) is 38.5 Å². The van der Waals surface area contributed by atoms with Crippen LogP contribution in [0, 0.1) is 5.92 Å². The molecule has 0 aromatic heterocycles. The van der Waals surface area contributed by atoms with Gasteiger partial charge in [0.2, 0.25) is 0 Å². The van der Waals surface area contributed by atoms with Crippen LogP contribution in [0.25, 0.3) is 0 Å². The highest BCUT2D eigenvalue weighted by Gasteiger charge is 2.35. The van der Waals surface area contributed by atoms with Gasteiger partial charge in [-0.2, -0.15) is 0 Å². The molecule has 1 aliphatic carbocycles. The molecule has 1 saturated carbocycles. The SMILES string of the molecule is OC(CNC1CCN2CCCCC12)COCC1CC1. The molecule has 0 aromatic carbocycles. The first-order valence-electron chi connectivity index (χ1n) is 8.06. The molecule has 110 valence electrons. The van der Waals surface area contributed by atoms with E-state index in [1.807, 2.05) is 0 Å². The first-order valence-corrected chi connectivity index (χ1v) is 8.06. The van der Waals surface area contributed by atoms with E-state index in [1.165, 1.54) is 51.6 Å². The summed E-state index contributed by atoms with van der Waals surface area (Å²) in [6, 6.07) is 1.30. The summed E-state index contributed by atoms with van der Waals surface area (Å²) in [5.74, 6) is 0.783. The summed E-state index contributed by atoms with van der Waals surface area (Å²) in [5, 5.41) is 13.5. The second-order valence-electron chi connectivity index (χ2n) is 6.54. The Morgan fingerprint density at radius 1 is 1.16 bits per heavy atom. The van der Waals surface area contributed by atoms with Gasteiger partial charge in [0.1, 0.15) is 0 Å². The van der Waals surface area contributed by atoms with Gasteiger partial charge in [-0.25, -0.2) is 0 Å². The average molecular weight is 268 g/mol. The Balaban J connectivity index is 1.32. The van der Waals surface area contributed by atoms with Crippen molar-refractivity contribution >= 4 is 0 Å². The van der Waals surface area contributed by atoms with E-state index in [1.54, 1.807) is 0 Å². The quantitative estimate of drug-likeness (QED) is 0.723. The van der Waals surface area contributed by atoms with Crippen molar-refractivity contribution in [2.24, 2.45) is 5.92 Å². The largest absolute Gasteiger partial charge is 0.389 e. The van der Waals surface area contributed by atoms with Crippen molar-refractivity contribution < 1.29 is 9.84 Å².